The van der Waals surface area contributed by atoms with Crippen LogP contribution in [0.1, 0.15) is 59.8 Å². The van der Waals surface area contributed by atoms with E-state index < -0.39 is 5.60 Å². The van der Waals surface area contributed by atoms with E-state index in [4.69, 9.17) is 4.74 Å². The maximum Gasteiger partial charge on any atom is 0.161 e. The topological polar surface area (TPSA) is 49.8 Å². The van der Waals surface area contributed by atoms with Gasteiger partial charge in [0.25, 0.3) is 0 Å². The molecule has 0 aromatic carbocycles. The lowest BCUT2D eigenvalue weighted by Gasteiger charge is -2.53. The molecule has 2 aliphatic carbocycles. The quantitative estimate of drug-likeness (QED) is 0.489. The van der Waals surface area contributed by atoms with Gasteiger partial charge in [-0.2, -0.15) is 0 Å². The van der Waals surface area contributed by atoms with Crippen LogP contribution in [0.4, 0.5) is 0 Å². The van der Waals surface area contributed by atoms with E-state index in [0.29, 0.717) is 17.9 Å². The summed E-state index contributed by atoms with van der Waals surface area (Å²) in [6.45, 7) is 12.0. The molecular formula is C20H30O3. The number of epoxide rings is 1. The molecule has 3 rings (SSSR count). The van der Waals surface area contributed by atoms with Crippen LogP contribution in [0.25, 0.3) is 0 Å². The van der Waals surface area contributed by atoms with E-state index in [-0.39, 0.29) is 16.8 Å². The maximum atomic E-state index is 12.8. The average Bonchev–Trinajstić information content (AvgIpc) is 3.08. The maximum absolute atomic E-state index is 12.8. The van der Waals surface area contributed by atoms with Gasteiger partial charge in [0.15, 0.2) is 5.78 Å². The van der Waals surface area contributed by atoms with Crippen LogP contribution < -0.4 is 0 Å². The molecule has 128 valence electrons. The Morgan fingerprint density at radius 3 is 2.74 bits per heavy atom. The van der Waals surface area contributed by atoms with E-state index in [1.54, 1.807) is 26.0 Å². The molecule has 3 heteroatoms. The summed E-state index contributed by atoms with van der Waals surface area (Å²) in [5.74, 6) is 0.973. The Hall–Kier alpha value is -0.930. The first kappa shape index (κ1) is 16.9. The highest BCUT2D eigenvalue weighted by atomic mass is 16.6. The molecule has 3 fully saturated rings. The highest BCUT2D eigenvalue weighted by Gasteiger charge is 2.58. The van der Waals surface area contributed by atoms with Crippen LogP contribution in [0, 0.1) is 17.3 Å². The molecule has 0 spiro atoms. The van der Waals surface area contributed by atoms with Crippen molar-refractivity contribution in [3.8, 4) is 0 Å². The molecule has 3 nitrogen and oxygen atoms in total. The fourth-order valence-corrected chi connectivity index (χ4v) is 4.56. The molecule has 0 radical (unpaired) electrons. The van der Waals surface area contributed by atoms with Crippen molar-refractivity contribution in [3.05, 3.63) is 24.3 Å². The Labute approximate surface area is 139 Å². The van der Waals surface area contributed by atoms with Crippen LogP contribution >= 0.6 is 0 Å². The predicted octanol–water partition coefficient (Wildman–Crippen LogP) is 3.81. The molecule has 5 atom stereocenters. The number of rotatable bonds is 3. The first-order chi connectivity index (χ1) is 10.6. The lowest BCUT2D eigenvalue weighted by atomic mass is 9.49. The summed E-state index contributed by atoms with van der Waals surface area (Å²) in [7, 11) is 0. The molecule has 23 heavy (non-hydrogen) atoms. The van der Waals surface area contributed by atoms with Gasteiger partial charge in [0.2, 0.25) is 0 Å². The van der Waals surface area contributed by atoms with Crippen LogP contribution in [-0.4, -0.2) is 28.2 Å². The van der Waals surface area contributed by atoms with E-state index in [0.717, 1.165) is 32.1 Å². The number of hydrogen-bond acceptors (Lipinski definition) is 3. The Morgan fingerprint density at radius 2 is 2.09 bits per heavy atom. The van der Waals surface area contributed by atoms with Gasteiger partial charge in [-0.15, -0.1) is 0 Å². The van der Waals surface area contributed by atoms with Gasteiger partial charge >= 0.3 is 0 Å². The number of ketones is 1. The second kappa shape index (κ2) is 5.29. The SMILES string of the molecule is C=C1CC[C@H]2O[C@@]2(C)CC[C@H]2[C@H]1C[C@]2(C)C(=O)/C=C/C(C)(C)O. The molecule has 0 unspecified atom stereocenters. The van der Waals surface area contributed by atoms with Gasteiger partial charge < -0.3 is 9.84 Å². The predicted molar refractivity (Wildman–Crippen MR) is 91.0 cm³/mol. The van der Waals surface area contributed by atoms with Crippen molar-refractivity contribution in [2.24, 2.45) is 17.3 Å². The minimum Gasteiger partial charge on any atom is -0.386 e. The summed E-state index contributed by atoms with van der Waals surface area (Å²) < 4.78 is 5.88. The third kappa shape index (κ3) is 3.06. The summed E-state index contributed by atoms with van der Waals surface area (Å²) in [4.78, 5) is 12.8. The minimum absolute atomic E-state index is 0.0254. The largest absolute Gasteiger partial charge is 0.386 e. The van der Waals surface area contributed by atoms with E-state index >= 15 is 0 Å². The lowest BCUT2D eigenvalue weighted by molar-refractivity contribution is -0.137. The Kier molecular flexibility index (Phi) is 3.89. The first-order valence-electron chi connectivity index (χ1n) is 8.87. The number of carbonyl (C=O) groups is 1. The number of fused-ring (bicyclic) bond motifs is 2. The van der Waals surface area contributed by atoms with Crippen LogP contribution in [0.2, 0.25) is 0 Å². The summed E-state index contributed by atoms with van der Waals surface area (Å²) in [5.41, 5.74) is 0.0594. The van der Waals surface area contributed by atoms with Crippen molar-refractivity contribution in [1.29, 1.82) is 0 Å². The molecule has 3 aliphatic rings. The van der Waals surface area contributed by atoms with Gasteiger partial charge in [-0.1, -0.05) is 25.2 Å². The number of ether oxygens (including phenoxy) is 1. The van der Waals surface area contributed by atoms with Crippen molar-refractivity contribution >= 4 is 5.78 Å². The Bertz CT molecular complexity index is 556. The van der Waals surface area contributed by atoms with Gasteiger partial charge in [-0.05, 0) is 70.8 Å². The van der Waals surface area contributed by atoms with Crippen LogP contribution in [0.5, 0.6) is 0 Å². The second-order valence-corrected chi connectivity index (χ2v) is 8.84. The third-order valence-corrected chi connectivity index (χ3v) is 6.39. The van der Waals surface area contributed by atoms with Crippen molar-refractivity contribution in [3.63, 3.8) is 0 Å². The van der Waals surface area contributed by atoms with E-state index in [2.05, 4.69) is 20.4 Å². The molecule has 1 N–H and O–H groups in total. The van der Waals surface area contributed by atoms with Crippen LogP contribution in [-0.2, 0) is 9.53 Å². The monoisotopic (exact) mass is 318 g/mol. The first-order valence-corrected chi connectivity index (χ1v) is 8.87. The molecule has 1 saturated heterocycles. The smallest absolute Gasteiger partial charge is 0.161 e. The van der Waals surface area contributed by atoms with Crippen molar-refractivity contribution in [2.45, 2.75) is 77.1 Å². The number of aliphatic hydroxyl groups is 1. The van der Waals surface area contributed by atoms with Gasteiger partial charge in [-0.3, -0.25) is 4.79 Å². The summed E-state index contributed by atoms with van der Waals surface area (Å²) in [6.07, 6.45) is 8.62. The molecular weight excluding hydrogens is 288 g/mol. The molecule has 0 bridgehead atoms. The zero-order chi connectivity index (χ0) is 17.0. The number of carbonyl (C=O) groups excluding carboxylic acids is 1. The van der Waals surface area contributed by atoms with Gasteiger partial charge in [0, 0.05) is 5.41 Å². The number of hydrogen-bond donors (Lipinski definition) is 1. The molecule has 0 aromatic heterocycles. The van der Waals surface area contributed by atoms with E-state index in [1.807, 2.05) is 0 Å². The van der Waals surface area contributed by atoms with Gasteiger partial charge in [0.05, 0.1) is 17.3 Å². The zero-order valence-corrected chi connectivity index (χ0v) is 14.9. The highest BCUT2D eigenvalue weighted by Crippen LogP contribution is 2.60. The van der Waals surface area contributed by atoms with Gasteiger partial charge in [0.1, 0.15) is 0 Å². The van der Waals surface area contributed by atoms with Crippen molar-refractivity contribution in [1.82, 2.24) is 0 Å². The molecule has 2 saturated carbocycles. The molecule has 1 heterocycles. The molecule has 1 aliphatic heterocycles. The average molecular weight is 318 g/mol. The van der Waals surface area contributed by atoms with E-state index in [9.17, 15) is 9.90 Å². The summed E-state index contributed by atoms with van der Waals surface area (Å²) in [6, 6.07) is 0. The summed E-state index contributed by atoms with van der Waals surface area (Å²) in [5, 5.41) is 9.82. The summed E-state index contributed by atoms with van der Waals surface area (Å²) >= 11 is 0. The second-order valence-electron chi connectivity index (χ2n) is 8.84. The van der Waals surface area contributed by atoms with Crippen LogP contribution in [0.3, 0.4) is 0 Å². The molecule has 0 aromatic rings. The van der Waals surface area contributed by atoms with Gasteiger partial charge in [-0.25, -0.2) is 0 Å². The fraction of sp³-hybridized carbons (Fsp3) is 0.750. The normalized spacial score (nSPS) is 43.7. The zero-order valence-electron chi connectivity index (χ0n) is 14.9. The Balaban J connectivity index is 1.76. The highest BCUT2D eigenvalue weighted by molar-refractivity contribution is 5.95. The van der Waals surface area contributed by atoms with Crippen molar-refractivity contribution < 1.29 is 14.6 Å². The third-order valence-electron chi connectivity index (χ3n) is 6.39. The molecule has 0 amide bonds. The standard InChI is InChI=1S/C20H30O3/c1-13-6-7-17-20(5,23-17)11-8-15-14(13)12-19(15,4)16(21)9-10-18(2,3)22/h9-10,14-15,17,22H,1,6-8,11-12H2,2-5H3/b10-9+/t14-,15-,17+,19-,20-/m0/s1. The fourth-order valence-electron chi connectivity index (χ4n) is 4.56. The lowest BCUT2D eigenvalue weighted by Crippen LogP contribution is -2.51. The van der Waals surface area contributed by atoms with Crippen LogP contribution in [0.15, 0.2) is 24.3 Å². The Morgan fingerprint density at radius 1 is 1.39 bits per heavy atom. The number of allylic oxidation sites excluding steroid dienone is 2. The van der Waals surface area contributed by atoms with Crippen molar-refractivity contribution in [2.75, 3.05) is 0 Å². The minimum atomic E-state index is -0.945. The van der Waals surface area contributed by atoms with E-state index in [1.165, 1.54) is 5.57 Å².